The van der Waals surface area contributed by atoms with Crippen LogP contribution < -0.4 is 5.73 Å². The SMILES string of the molecule is Cc1ccc(CC(N)c2ccnc3ccccc23)c(Cl)c1. The van der Waals surface area contributed by atoms with Gasteiger partial charge in [0.1, 0.15) is 0 Å². The van der Waals surface area contributed by atoms with Crippen molar-refractivity contribution in [3.8, 4) is 0 Å². The minimum absolute atomic E-state index is 0.0990. The van der Waals surface area contributed by atoms with Crippen LogP contribution in [-0.2, 0) is 6.42 Å². The molecule has 0 aliphatic heterocycles. The standard InChI is InChI=1S/C18H17ClN2/c1-12-6-7-13(16(19)10-12)11-17(20)14-8-9-21-18-5-3-2-4-15(14)18/h2-10,17H,11,20H2,1H3. The van der Waals surface area contributed by atoms with Crippen molar-refractivity contribution in [3.63, 3.8) is 0 Å². The van der Waals surface area contributed by atoms with E-state index in [2.05, 4.69) is 23.2 Å². The van der Waals surface area contributed by atoms with Crippen molar-refractivity contribution < 1.29 is 0 Å². The largest absolute Gasteiger partial charge is 0.324 e. The first-order valence-electron chi connectivity index (χ1n) is 6.99. The van der Waals surface area contributed by atoms with Crippen LogP contribution in [-0.4, -0.2) is 4.98 Å². The highest BCUT2D eigenvalue weighted by atomic mass is 35.5. The zero-order valence-corrected chi connectivity index (χ0v) is 12.6. The fourth-order valence-electron chi connectivity index (χ4n) is 2.61. The van der Waals surface area contributed by atoms with E-state index in [-0.39, 0.29) is 6.04 Å². The molecule has 0 aliphatic rings. The van der Waals surface area contributed by atoms with Crippen molar-refractivity contribution in [3.05, 3.63) is 76.4 Å². The third-order valence-corrected chi connectivity index (χ3v) is 4.08. The molecule has 1 aromatic heterocycles. The molecular formula is C18H17ClN2. The zero-order chi connectivity index (χ0) is 14.8. The molecule has 2 nitrogen and oxygen atoms in total. The van der Waals surface area contributed by atoms with Crippen LogP contribution in [0.1, 0.15) is 22.7 Å². The summed E-state index contributed by atoms with van der Waals surface area (Å²) >= 11 is 6.31. The van der Waals surface area contributed by atoms with Gasteiger partial charge < -0.3 is 5.73 Å². The molecule has 0 fully saturated rings. The topological polar surface area (TPSA) is 38.9 Å². The quantitative estimate of drug-likeness (QED) is 0.776. The molecule has 0 saturated carbocycles. The summed E-state index contributed by atoms with van der Waals surface area (Å²) in [6.45, 7) is 2.03. The van der Waals surface area contributed by atoms with Gasteiger partial charge in [-0.15, -0.1) is 0 Å². The number of aryl methyl sites for hydroxylation is 1. The average Bonchev–Trinajstić information content (AvgIpc) is 2.49. The van der Waals surface area contributed by atoms with Gasteiger partial charge in [0, 0.05) is 22.6 Å². The number of halogens is 1. The van der Waals surface area contributed by atoms with E-state index in [9.17, 15) is 0 Å². The Morgan fingerprint density at radius 2 is 1.95 bits per heavy atom. The highest BCUT2D eigenvalue weighted by molar-refractivity contribution is 6.31. The number of rotatable bonds is 3. The zero-order valence-electron chi connectivity index (χ0n) is 11.9. The van der Waals surface area contributed by atoms with Gasteiger partial charge >= 0.3 is 0 Å². The Kier molecular flexibility index (Phi) is 3.91. The summed E-state index contributed by atoms with van der Waals surface area (Å²) in [6.07, 6.45) is 2.53. The van der Waals surface area contributed by atoms with Crippen molar-refractivity contribution in [1.29, 1.82) is 0 Å². The van der Waals surface area contributed by atoms with Gasteiger partial charge in [0.05, 0.1) is 5.52 Å². The summed E-state index contributed by atoms with van der Waals surface area (Å²) in [5, 5.41) is 1.89. The Bertz CT molecular complexity index is 778. The first-order valence-corrected chi connectivity index (χ1v) is 7.37. The number of benzene rings is 2. The molecule has 106 valence electrons. The van der Waals surface area contributed by atoms with Crippen LogP contribution >= 0.6 is 11.6 Å². The molecule has 2 N–H and O–H groups in total. The Labute approximate surface area is 129 Å². The highest BCUT2D eigenvalue weighted by Crippen LogP contribution is 2.27. The molecule has 2 aromatic carbocycles. The van der Waals surface area contributed by atoms with E-state index in [1.165, 1.54) is 0 Å². The number of nitrogens with zero attached hydrogens (tertiary/aromatic N) is 1. The lowest BCUT2D eigenvalue weighted by atomic mass is 9.96. The number of hydrogen-bond donors (Lipinski definition) is 1. The minimum Gasteiger partial charge on any atom is -0.324 e. The number of pyridine rings is 1. The van der Waals surface area contributed by atoms with Crippen molar-refractivity contribution in [2.45, 2.75) is 19.4 Å². The summed E-state index contributed by atoms with van der Waals surface area (Å²) in [7, 11) is 0. The lowest BCUT2D eigenvalue weighted by Crippen LogP contribution is -2.14. The van der Waals surface area contributed by atoms with Crippen molar-refractivity contribution in [2.75, 3.05) is 0 Å². The fourth-order valence-corrected chi connectivity index (χ4v) is 2.92. The summed E-state index contributed by atoms with van der Waals surface area (Å²) in [5.41, 5.74) is 10.7. The summed E-state index contributed by atoms with van der Waals surface area (Å²) in [4.78, 5) is 4.38. The van der Waals surface area contributed by atoms with Gasteiger partial charge in [0.2, 0.25) is 0 Å². The van der Waals surface area contributed by atoms with Gasteiger partial charge in [-0.25, -0.2) is 0 Å². The maximum absolute atomic E-state index is 6.41. The van der Waals surface area contributed by atoms with Crippen molar-refractivity contribution >= 4 is 22.5 Å². The normalized spacial score (nSPS) is 12.5. The predicted octanol–water partition coefficient (Wildman–Crippen LogP) is 4.44. The maximum Gasteiger partial charge on any atom is 0.0705 e. The van der Waals surface area contributed by atoms with Crippen molar-refractivity contribution in [1.82, 2.24) is 4.98 Å². The smallest absolute Gasteiger partial charge is 0.0705 e. The molecule has 1 unspecified atom stereocenters. The van der Waals surface area contributed by atoms with E-state index in [0.29, 0.717) is 6.42 Å². The monoisotopic (exact) mass is 296 g/mol. The van der Waals surface area contributed by atoms with E-state index in [0.717, 1.165) is 32.6 Å². The Morgan fingerprint density at radius 1 is 1.14 bits per heavy atom. The first-order chi connectivity index (χ1) is 10.1. The fraction of sp³-hybridized carbons (Fsp3) is 0.167. The van der Waals surface area contributed by atoms with E-state index in [1.807, 2.05) is 43.5 Å². The molecule has 0 aliphatic carbocycles. The molecule has 3 aromatic rings. The molecule has 0 saturated heterocycles. The summed E-state index contributed by atoms with van der Waals surface area (Å²) < 4.78 is 0. The number of hydrogen-bond acceptors (Lipinski definition) is 2. The number of nitrogens with two attached hydrogens (primary N) is 1. The second kappa shape index (κ2) is 5.84. The second-order valence-corrected chi connectivity index (χ2v) is 5.73. The maximum atomic E-state index is 6.41. The molecule has 21 heavy (non-hydrogen) atoms. The number of aromatic nitrogens is 1. The molecule has 0 bridgehead atoms. The second-order valence-electron chi connectivity index (χ2n) is 5.32. The van der Waals surface area contributed by atoms with Crippen molar-refractivity contribution in [2.24, 2.45) is 5.73 Å². The van der Waals surface area contributed by atoms with Crippen LogP contribution in [0.5, 0.6) is 0 Å². The molecule has 1 heterocycles. The molecule has 1 atom stereocenters. The molecule has 0 spiro atoms. The van der Waals surface area contributed by atoms with Crippen LogP contribution in [0.25, 0.3) is 10.9 Å². The molecular weight excluding hydrogens is 280 g/mol. The third-order valence-electron chi connectivity index (χ3n) is 3.73. The van der Waals surface area contributed by atoms with Crippen LogP contribution in [0.4, 0.5) is 0 Å². The van der Waals surface area contributed by atoms with Gasteiger partial charge in [-0.3, -0.25) is 4.98 Å². The highest BCUT2D eigenvalue weighted by Gasteiger charge is 2.12. The van der Waals surface area contributed by atoms with Crippen LogP contribution in [0, 0.1) is 6.92 Å². The van der Waals surface area contributed by atoms with Gasteiger partial charge in [0.15, 0.2) is 0 Å². The molecule has 3 heteroatoms. The lowest BCUT2D eigenvalue weighted by Gasteiger charge is -2.15. The predicted molar refractivity (Wildman–Crippen MR) is 88.6 cm³/mol. The van der Waals surface area contributed by atoms with Crippen LogP contribution in [0.3, 0.4) is 0 Å². The van der Waals surface area contributed by atoms with E-state index >= 15 is 0 Å². The van der Waals surface area contributed by atoms with Gasteiger partial charge in [0.25, 0.3) is 0 Å². The molecule has 3 rings (SSSR count). The molecule has 0 radical (unpaired) electrons. The van der Waals surface area contributed by atoms with E-state index < -0.39 is 0 Å². The van der Waals surface area contributed by atoms with Gasteiger partial charge in [-0.2, -0.15) is 0 Å². The summed E-state index contributed by atoms with van der Waals surface area (Å²) in [6, 6.07) is 16.1. The van der Waals surface area contributed by atoms with Crippen LogP contribution in [0.2, 0.25) is 5.02 Å². The summed E-state index contributed by atoms with van der Waals surface area (Å²) in [5.74, 6) is 0. The van der Waals surface area contributed by atoms with Gasteiger partial charge in [-0.05, 0) is 48.2 Å². The minimum atomic E-state index is -0.0990. The lowest BCUT2D eigenvalue weighted by molar-refractivity contribution is 0.727. The van der Waals surface area contributed by atoms with E-state index in [1.54, 1.807) is 0 Å². The Hall–Kier alpha value is -1.90. The van der Waals surface area contributed by atoms with E-state index in [4.69, 9.17) is 17.3 Å². The average molecular weight is 297 g/mol. The molecule has 0 amide bonds. The van der Waals surface area contributed by atoms with Gasteiger partial charge in [-0.1, -0.05) is 41.9 Å². The first kappa shape index (κ1) is 14.1. The third kappa shape index (κ3) is 2.92. The van der Waals surface area contributed by atoms with Crippen LogP contribution in [0.15, 0.2) is 54.7 Å². The Morgan fingerprint density at radius 3 is 2.76 bits per heavy atom. The Balaban J connectivity index is 1.95. The number of fused-ring (bicyclic) bond motifs is 1. The number of para-hydroxylation sites is 1.